The number of sulfone groups is 1. The molecule has 3 atom stereocenters. The van der Waals surface area contributed by atoms with Gasteiger partial charge in [-0.25, -0.2) is 17.6 Å². The second kappa shape index (κ2) is 15.8. The lowest BCUT2D eigenvalue weighted by Crippen LogP contribution is -2.60. The maximum atomic E-state index is 15.0. The Hall–Kier alpha value is -4.00. The largest absolute Gasteiger partial charge is 0.453 e. The number of ether oxygens (including phenoxy) is 1. The molecule has 4 fully saturated rings. The summed E-state index contributed by atoms with van der Waals surface area (Å²) in [6.45, 7) is 7.80. The summed E-state index contributed by atoms with van der Waals surface area (Å²) in [4.78, 5) is 32.1. The van der Waals surface area contributed by atoms with Gasteiger partial charge in [0.25, 0.3) is 5.91 Å². The van der Waals surface area contributed by atoms with E-state index in [1.165, 1.54) is 50.9 Å². The molecule has 284 valence electrons. The van der Waals surface area contributed by atoms with Crippen LogP contribution in [0, 0.1) is 23.6 Å². The SMILES string of the molecule is CNC(=O)c1ccc(S(=O)(=O)c2ccc(N3CC(CN4CCC(C(CN5CCC5)(c5cccc(F)c5)[C@H]5CCC[C@@H]5NC(=O)OC)CC4)C3)cc2)cc1. The van der Waals surface area contributed by atoms with Crippen molar-refractivity contribution in [2.75, 3.05) is 71.4 Å². The van der Waals surface area contributed by atoms with E-state index < -0.39 is 15.9 Å². The molecule has 3 heterocycles. The van der Waals surface area contributed by atoms with E-state index in [9.17, 15) is 22.4 Å². The minimum Gasteiger partial charge on any atom is -0.453 e. The maximum absolute atomic E-state index is 15.0. The Bertz CT molecular complexity index is 1860. The average molecular weight is 746 g/mol. The molecule has 1 aliphatic carbocycles. The van der Waals surface area contributed by atoms with Crippen LogP contribution in [-0.2, 0) is 20.0 Å². The van der Waals surface area contributed by atoms with E-state index in [0.29, 0.717) is 17.4 Å². The third-order valence-corrected chi connectivity index (χ3v) is 14.2. The minimum absolute atomic E-state index is 0.0121. The minimum atomic E-state index is -3.71. The standard InChI is InChI=1S/C41H52FN5O5S/c1-43-39(48)30-10-14-35(15-11-30)53(50,51)36-16-12-34(13-17-36)47-26-29(27-47)25-45-22-18-31(19-23-45)41(28-46-20-5-21-46,32-6-3-7-33(42)24-32)37-8-4-9-38(37)44-40(49)52-2/h3,6-7,10-17,24,29,31,37-38H,4-5,8-9,18-23,25-28H2,1-2H3,(H,43,48)(H,44,49)/t37-,38-,41?/m0/s1. The van der Waals surface area contributed by atoms with Gasteiger partial charge in [0.05, 0.1) is 16.9 Å². The van der Waals surface area contributed by atoms with Gasteiger partial charge in [0.1, 0.15) is 5.82 Å². The molecule has 0 aromatic heterocycles. The number of benzene rings is 3. The van der Waals surface area contributed by atoms with Gasteiger partial charge in [0.15, 0.2) is 0 Å². The summed E-state index contributed by atoms with van der Waals surface area (Å²) in [5.41, 5.74) is 2.20. The molecule has 0 radical (unpaired) electrons. The van der Waals surface area contributed by atoms with Gasteiger partial charge >= 0.3 is 6.09 Å². The number of carbonyl (C=O) groups excluding carboxylic acids is 2. The van der Waals surface area contributed by atoms with Crippen LogP contribution in [0.4, 0.5) is 14.9 Å². The highest BCUT2D eigenvalue weighted by molar-refractivity contribution is 7.91. The Kier molecular flexibility index (Phi) is 11.1. The predicted molar refractivity (Wildman–Crippen MR) is 202 cm³/mol. The van der Waals surface area contributed by atoms with Crippen molar-refractivity contribution in [1.29, 1.82) is 0 Å². The number of hydrogen-bond donors (Lipinski definition) is 2. The van der Waals surface area contributed by atoms with Gasteiger partial charge in [0.2, 0.25) is 9.84 Å². The highest BCUT2D eigenvalue weighted by Gasteiger charge is 2.53. The zero-order chi connectivity index (χ0) is 37.2. The third-order valence-electron chi connectivity index (χ3n) is 12.4. The van der Waals surface area contributed by atoms with Crippen molar-refractivity contribution in [3.8, 4) is 0 Å². The van der Waals surface area contributed by atoms with E-state index in [4.69, 9.17) is 4.74 Å². The summed E-state index contributed by atoms with van der Waals surface area (Å²) < 4.78 is 46.5. The van der Waals surface area contributed by atoms with E-state index in [0.717, 1.165) is 95.7 Å². The fraction of sp³-hybridized carbons (Fsp3) is 0.512. The number of alkyl carbamates (subject to hydrolysis) is 1. The molecule has 3 aromatic rings. The van der Waals surface area contributed by atoms with Crippen LogP contribution in [0.5, 0.6) is 0 Å². The molecule has 2 amide bonds. The Balaban J connectivity index is 0.990. The number of nitrogens with zero attached hydrogens (tertiary/aromatic N) is 3. The number of methoxy groups -OCH3 is 1. The van der Waals surface area contributed by atoms with Gasteiger partial charge in [-0.2, -0.15) is 0 Å². The molecular formula is C41H52FN5O5S. The van der Waals surface area contributed by atoms with Crippen molar-refractivity contribution < 1.29 is 27.1 Å². The maximum Gasteiger partial charge on any atom is 0.407 e. The van der Waals surface area contributed by atoms with Gasteiger partial charge in [-0.1, -0.05) is 18.6 Å². The second-order valence-corrected chi connectivity index (χ2v) is 17.4. The zero-order valence-electron chi connectivity index (χ0n) is 30.8. The lowest BCUT2D eigenvalue weighted by Gasteiger charge is -2.54. The van der Waals surface area contributed by atoms with E-state index in [-0.39, 0.29) is 38.9 Å². The summed E-state index contributed by atoms with van der Waals surface area (Å²) >= 11 is 0. The van der Waals surface area contributed by atoms with Crippen molar-refractivity contribution in [3.63, 3.8) is 0 Å². The monoisotopic (exact) mass is 745 g/mol. The number of anilines is 1. The van der Waals surface area contributed by atoms with Crippen LogP contribution in [0.15, 0.2) is 82.6 Å². The van der Waals surface area contributed by atoms with Crippen molar-refractivity contribution in [2.45, 2.75) is 59.8 Å². The van der Waals surface area contributed by atoms with Crippen molar-refractivity contribution in [2.24, 2.45) is 17.8 Å². The first-order valence-corrected chi connectivity index (χ1v) is 20.6. The molecule has 0 bridgehead atoms. The fourth-order valence-electron chi connectivity index (χ4n) is 9.53. The molecule has 3 saturated heterocycles. The van der Waals surface area contributed by atoms with Crippen LogP contribution >= 0.6 is 0 Å². The first-order valence-electron chi connectivity index (χ1n) is 19.1. The van der Waals surface area contributed by atoms with Crippen LogP contribution in [0.25, 0.3) is 0 Å². The number of rotatable bonds is 12. The summed E-state index contributed by atoms with van der Waals surface area (Å²) in [6, 6.07) is 20.3. The molecule has 1 saturated carbocycles. The number of nitrogens with one attached hydrogen (secondary N) is 2. The van der Waals surface area contributed by atoms with Gasteiger partial charge in [-0.15, -0.1) is 0 Å². The number of piperidine rings is 1. The van der Waals surface area contributed by atoms with Crippen LogP contribution < -0.4 is 15.5 Å². The molecule has 10 nitrogen and oxygen atoms in total. The highest BCUT2D eigenvalue weighted by atomic mass is 32.2. The van der Waals surface area contributed by atoms with Crippen LogP contribution in [0.3, 0.4) is 0 Å². The average Bonchev–Trinajstić information content (AvgIpc) is 3.61. The van der Waals surface area contributed by atoms with Crippen LogP contribution in [-0.4, -0.2) is 103 Å². The number of amides is 2. The molecule has 12 heteroatoms. The van der Waals surface area contributed by atoms with Gasteiger partial charge in [0, 0.05) is 61.9 Å². The zero-order valence-corrected chi connectivity index (χ0v) is 31.6. The quantitative estimate of drug-likeness (QED) is 0.256. The van der Waals surface area contributed by atoms with Gasteiger partial charge in [-0.05, 0) is 136 Å². The molecule has 3 aliphatic heterocycles. The molecule has 7 rings (SSSR count). The van der Waals surface area contributed by atoms with E-state index in [1.54, 1.807) is 18.2 Å². The first-order chi connectivity index (χ1) is 25.6. The molecule has 53 heavy (non-hydrogen) atoms. The van der Waals surface area contributed by atoms with Gasteiger partial charge in [-0.3, -0.25) is 4.79 Å². The normalized spacial score (nSPS) is 22.7. The van der Waals surface area contributed by atoms with E-state index >= 15 is 0 Å². The van der Waals surface area contributed by atoms with E-state index in [1.807, 2.05) is 18.2 Å². The van der Waals surface area contributed by atoms with E-state index in [2.05, 4.69) is 31.4 Å². The number of halogens is 1. The topological polar surface area (TPSA) is 111 Å². The first kappa shape index (κ1) is 37.3. The molecule has 2 N–H and O–H groups in total. The van der Waals surface area contributed by atoms with Crippen molar-refractivity contribution in [1.82, 2.24) is 20.4 Å². The fourth-order valence-corrected chi connectivity index (χ4v) is 10.8. The molecular weight excluding hydrogens is 694 g/mol. The molecule has 3 aromatic carbocycles. The van der Waals surface area contributed by atoms with Crippen LogP contribution in [0.2, 0.25) is 0 Å². The summed E-state index contributed by atoms with van der Waals surface area (Å²) in [7, 11) is -0.755. The van der Waals surface area contributed by atoms with Crippen molar-refractivity contribution >= 4 is 27.5 Å². The number of carbonyl (C=O) groups is 2. The second-order valence-electron chi connectivity index (χ2n) is 15.4. The highest BCUT2D eigenvalue weighted by Crippen LogP contribution is 2.51. The lowest BCUT2D eigenvalue weighted by atomic mass is 9.57. The Morgan fingerprint density at radius 1 is 0.868 bits per heavy atom. The third kappa shape index (κ3) is 7.68. The molecule has 4 aliphatic rings. The predicted octanol–water partition coefficient (Wildman–Crippen LogP) is 5.33. The summed E-state index contributed by atoms with van der Waals surface area (Å²) in [6.07, 6.45) is 5.76. The lowest BCUT2D eigenvalue weighted by molar-refractivity contribution is 0.0223. The Labute approximate surface area is 313 Å². The van der Waals surface area contributed by atoms with Gasteiger partial charge < -0.3 is 30.1 Å². The molecule has 1 unspecified atom stereocenters. The number of hydrogen-bond acceptors (Lipinski definition) is 8. The molecule has 0 spiro atoms. The summed E-state index contributed by atoms with van der Waals surface area (Å²) in [5.74, 6) is 0.596. The Morgan fingerprint density at radius 2 is 1.55 bits per heavy atom. The summed E-state index contributed by atoms with van der Waals surface area (Å²) in [5, 5.41) is 5.72. The van der Waals surface area contributed by atoms with Crippen molar-refractivity contribution in [3.05, 3.63) is 89.7 Å². The number of likely N-dealkylation sites (tertiary alicyclic amines) is 2. The Morgan fingerprint density at radius 3 is 2.15 bits per heavy atom. The van der Waals surface area contributed by atoms with Crippen LogP contribution in [0.1, 0.15) is 54.4 Å². The smallest absolute Gasteiger partial charge is 0.407 e.